The summed E-state index contributed by atoms with van der Waals surface area (Å²) in [6.45, 7) is 5.21. The van der Waals surface area contributed by atoms with Gasteiger partial charge in [-0.25, -0.2) is 17.6 Å². The highest BCUT2D eigenvalue weighted by molar-refractivity contribution is 6.07. The van der Waals surface area contributed by atoms with E-state index in [1.165, 1.54) is 31.3 Å². The number of rotatable bonds is 5. The summed E-state index contributed by atoms with van der Waals surface area (Å²) in [5, 5.41) is 5.92. The van der Waals surface area contributed by atoms with E-state index >= 15 is 4.39 Å². The molecule has 2 N–H and O–H groups in total. The summed E-state index contributed by atoms with van der Waals surface area (Å²) in [5.41, 5.74) is -0.493. The fraction of sp³-hybridized carbons (Fsp3) is 0.308. The minimum atomic E-state index is -3.05. The quantitative estimate of drug-likeness (QED) is 0.500. The Balaban J connectivity index is 1.82. The van der Waals surface area contributed by atoms with Gasteiger partial charge in [0, 0.05) is 56.1 Å². The SMILES string of the molecule is Cc1ccc(-c2cc(NC(=O)c3cn(C)c(=O)cc3C(F)F)c(N3CCN[C@@H](C)C3)cc2F)cc1F. The van der Waals surface area contributed by atoms with Gasteiger partial charge in [0.2, 0.25) is 0 Å². The predicted octanol–water partition coefficient (Wildman–Crippen LogP) is 4.63. The molecule has 10 heteroatoms. The van der Waals surface area contributed by atoms with Crippen molar-refractivity contribution in [1.29, 1.82) is 0 Å². The number of benzene rings is 2. The Morgan fingerprint density at radius 3 is 2.56 bits per heavy atom. The van der Waals surface area contributed by atoms with Crippen molar-refractivity contribution in [2.45, 2.75) is 26.3 Å². The number of anilines is 2. The maximum Gasteiger partial charge on any atom is 0.264 e. The number of nitrogens with one attached hydrogen (secondary N) is 2. The molecule has 0 saturated carbocycles. The third-order valence-corrected chi connectivity index (χ3v) is 6.27. The number of halogens is 4. The molecule has 1 amide bonds. The van der Waals surface area contributed by atoms with Gasteiger partial charge < -0.3 is 20.1 Å². The van der Waals surface area contributed by atoms with Gasteiger partial charge >= 0.3 is 0 Å². The minimum absolute atomic E-state index is 0.0469. The van der Waals surface area contributed by atoms with Crippen LogP contribution in [0.25, 0.3) is 11.1 Å². The van der Waals surface area contributed by atoms with Crippen molar-refractivity contribution in [3.05, 3.63) is 81.3 Å². The summed E-state index contributed by atoms with van der Waals surface area (Å²) in [6, 6.07) is 7.74. The lowest BCUT2D eigenvalue weighted by Gasteiger charge is -2.35. The fourth-order valence-electron chi connectivity index (χ4n) is 4.26. The van der Waals surface area contributed by atoms with Crippen LogP contribution in [0.3, 0.4) is 0 Å². The Bertz CT molecular complexity index is 1370. The van der Waals surface area contributed by atoms with E-state index < -0.39 is 35.1 Å². The number of alkyl halides is 2. The molecule has 2 aromatic carbocycles. The van der Waals surface area contributed by atoms with Crippen molar-refractivity contribution in [1.82, 2.24) is 9.88 Å². The maximum absolute atomic E-state index is 15.3. The van der Waals surface area contributed by atoms with E-state index in [4.69, 9.17) is 0 Å². The molecule has 0 unspecified atom stereocenters. The topological polar surface area (TPSA) is 66.4 Å². The van der Waals surface area contributed by atoms with E-state index in [2.05, 4.69) is 10.6 Å². The van der Waals surface area contributed by atoms with Crippen molar-refractivity contribution in [3.63, 3.8) is 0 Å². The first-order valence-electron chi connectivity index (χ1n) is 11.4. The summed E-state index contributed by atoms with van der Waals surface area (Å²) < 4.78 is 57.8. The molecule has 4 rings (SSSR count). The van der Waals surface area contributed by atoms with Crippen LogP contribution in [0, 0.1) is 18.6 Å². The van der Waals surface area contributed by atoms with Crippen LogP contribution in [0.2, 0.25) is 0 Å². The van der Waals surface area contributed by atoms with Gasteiger partial charge in [-0.15, -0.1) is 0 Å². The summed E-state index contributed by atoms with van der Waals surface area (Å²) in [5.74, 6) is -2.00. The third-order valence-electron chi connectivity index (χ3n) is 6.27. The minimum Gasteiger partial charge on any atom is -0.367 e. The van der Waals surface area contributed by atoms with Crippen molar-refractivity contribution in [2.75, 3.05) is 29.9 Å². The molecule has 1 aromatic heterocycles. The predicted molar refractivity (Wildman–Crippen MR) is 131 cm³/mol. The molecule has 1 saturated heterocycles. The van der Waals surface area contributed by atoms with E-state index in [9.17, 15) is 22.8 Å². The number of piperazine rings is 1. The number of amides is 1. The van der Waals surface area contributed by atoms with Crippen molar-refractivity contribution in [2.24, 2.45) is 7.05 Å². The lowest BCUT2D eigenvalue weighted by Crippen LogP contribution is -2.49. The molecule has 0 aliphatic carbocycles. The number of carbonyl (C=O) groups excluding carboxylic acids is 1. The molecule has 36 heavy (non-hydrogen) atoms. The van der Waals surface area contributed by atoms with Crippen LogP contribution in [0.1, 0.15) is 34.8 Å². The zero-order valence-electron chi connectivity index (χ0n) is 20.0. The number of hydrogen-bond donors (Lipinski definition) is 2. The molecule has 1 aliphatic rings. The first-order chi connectivity index (χ1) is 17.0. The van der Waals surface area contributed by atoms with Crippen molar-refractivity contribution < 1.29 is 22.4 Å². The van der Waals surface area contributed by atoms with E-state index in [1.807, 2.05) is 11.8 Å². The zero-order chi connectivity index (χ0) is 26.1. The highest BCUT2D eigenvalue weighted by Crippen LogP contribution is 2.36. The lowest BCUT2D eigenvalue weighted by molar-refractivity contribution is 0.101. The van der Waals surface area contributed by atoms with Gasteiger partial charge in [0.05, 0.1) is 16.9 Å². The Morgan fingerprint density at radius 2 is 1.89 bits per heavy atom. The Hall–Kier alpha value is -3.66. The first kappa shape index (κ1) is 25.4. The van der Waals surface area contributed by atoms with Gasteiger partial charge in [0.1, 0.15) is 11.6 Å². The molecule has 1 aliphatic heterocycles. The monoisotopic (exact) mass is 502 g/mol. The van der Waals surface area contributed by atoms with Crippen LogP contribution >= 0.6 is 0 Å². The smallest absolute Gasteiger partial charge is 0.264 e. The molecule has 1 atom stereocenters. The standard InChI is InChI=1S/C26H26F4N4O2/c1-14-4-5-16(8-20(14)27)17-9-22(23(11-21(17)28)34-7-6-31-15(2)12-34)32-26(36)19-13-33(3)24(35)10-18(19)25(29)30/h4-5,8-11,13,15,25,31H,6-7,12H2,1-3H3,(H,32,36)/t15-/m0/s1. The highest BCUT2D eigenvalue weighted by Gasteiger charge is 2.25. The number of carbonyl (C=O) groups is 1. The van der Waals surface area contributed by atoms with Crippen LogP contribution in [-0.4, -0.2) is 36.2 Å². The van der Waals surface area contributed by atoms with Gasteiger partial charge in [-0.1, -0.05) is 12.1 Å². The number of pyridine rings is 1. The normalized spacial score (nSPS) is 15.9. The van der Waals surface area contributed by atoms with E-state index in [0.717, 1.165) is 16.8 Å². The molecule has 1 fully saturated rings. The Labute approximate surface area is 205 Å². The summed E-state index contributed by atoms with van der Waals surface area (Å²) >= 11 is 0. The molecule has 0 spiro atoms. The van der Waals surface area contributed by atoms with Gasteiger partial charge in [-0.3, -0.25) is 9.59 Å². The molecule has 0 bridgehead atoms. The molecule has 2 heterocycles. The van der Waals surface area contributed by atoms with E-state index in [0.29, 0.717) is 30.9 Å². The molecule has 190 valence electrons. The van der Waals surface area contributed by atoms with Crippen molar-refractivity contribution >= 4 is 17.3 Å². The highest BCUT2D eigenvalue weighted by atomic mass is 19.3. The second kappa shape index (κ2) is 10.1. The van der Waals surface area contributed by atoms with Crippen molar-refractivity contribution in [3.8, 4) is 11.1 Å². The zero-order valence-corrected chi connectivity index (χ0v) is 20.0. The van der Waals surface area contributed by atoms with Crippen LogP contribution in [0.15, 0.2) is 47.4 Å². The van der Waals surface area contributed by atoms with Crippen LogP contribution in [0.5, 0.6) is 0 Å². The van der Waals surface area contributed by atoms with Crippen LogP contribution < -0.4 is 21.1 Å². The molecule has 3 aromatic rings. The Morgan fingerprint density at radius 1 is 1.14 bits per heavy atom. The van der Waals surface area contributed by atoms with E-state index in [1.54, 1.807) is 13.0 Å². The largest absolute Gasteiger partial charge is 0.367 e. The average molecular weight is 503 g/mol. The summed E-state index contributed by atoms with van der Waals surface area (Å²) in [6.07, 6.45) is -2.00. The van der Waals surface area contributed by atoms with Gasteiger partial charge in [-0.2, -0.15) is 0 Å². The summed E-state index contributed by atoms with van der Waals surface area (Å²) in [4.78, 5) is 26.9. The molecule has 0 radical (unpaired) electrons. The first-order valence-corrected chi connectivity index (χ1v) is 11.4. The van der Waals surface area contributed by atoms with Crippen LogP contribution in [-0.2, 0) is 7.05 Å². The van der Waals surface area contributed by atoms with Gasteiger partial charge in [-0.05, 0) is 43.2 Å². The van der Waals surface area contributed by atoms with Crippen LogP contribution in [0.4, 0.5) is 28.9 Å². The number of hydrogen-bond acceptors (Lipinski definition) is 4. The molecular formula is C26H26F4N4O2. The molecular weight excluding hydrogens is 476 g/mol. The second-order valence-electron chi connectivity index (χ2n) is 8.96. The lowest BCUT2D eigenvalue weighted by atomic mass is 10.0. The maximum atomic E-state index is 15.3. The second-order valence-corrected chi connectivity index (χ2v) is 8.96. The van der Waals surface area contributed by atoms with Gasteiger partial charge in [0.25, 0.3) is 17.9 Å². The number of aryl methyl sites for hydroxylation is 2. The number of aromatic nitrogens is 1. The average Bonchev–Trinajstić information content (AvgIpc) is 2.83. The third kappa shape index (κ3) is 5.13. The fourth-order valence-corrected chi connectivity index (χ4v) is 4.26. The van der Waals surface area contributed by atoms with E-state index in [-0.39, 0.29) is 28.4 Å². The van der Waals surface area contributed by atoms with Gasteiger partial charge in [0.15, 0.2) is 0 Å². The summed E-state index contributed by atoms with van der Waals surface area (Å²) in [7, 11) is 1.35. The Kier molecular flexibility index (Phi) is 7.16. The molecule has 6 nitrogen and oxygen atoms in total. The number of nitrogens with zero attached hydrogens (tertiary/aromatic N) is 2.